The number of hydrogen-bond acceptors (Lipinski definition) is 3. The molecule has 2 rings (SSSR count). The van der Waals surface area contributed by atoms with Gasteiger partial charge in [0.25, 0.3) is 0 Å². The molecule has 6 heteroatoms. The Balaban J connectivity index is 2.33. The SMILES string of the molecule is Cc1cnc(-c2ccc(C(F)(F)F)cn2)o1. The predicted molar refractivity (Wildman–Crippen MR) is 49.5 cm³/mol. The summed E-state index contributed by atoms with van der Waals surface area (Å²) in [6.07, 6.45) is -2.14. The summed E-state index contributed by atoms with van der Waals surface area (Å²) in [5.41, 5.74) is -0.513. The van der Waals surface area contributed by atoms with Crippen LogP contribution in [-0.4, -0.2) is 9.97 Å². The van der Waals surface area contributed by atoms with E-state index in [9.17, 15) is 13.2 Å². The highest BCUT2D eigenvalue weighted by Gasteiger charge is 2.30. The van der Waals surface area contributed by atoms with E-state index in [4.69, 9.17) is 4.42 Å². The van der Waals surface area contributed by atoms with E-state index in [0.29, 0.717) is 5.76 Å². The maximum absolute atomic E-state index is 12.2. The zero-order valence-corrected chi connectivity index (χ0v) is 8.25. The molecule has 16 heavy (non-hydrogen) atoms. The average molecular weight is 228 g/mol. The molecule has 0 bridgehead atoms. The van der Waals surface area contributed by atoms with Crippen molar-refractivity contribution in [3.05, 3.63) is 35.9 Å². The van der Waals surface area contributed by atoms with Crippen molar-refractivity contribution in [1.29, 1.82) is 0 Å². The Hall–Kier alpha value is -1.85. The molecule has 84 valence electrons. The smallest absolute Gasteiger partial charge is 0.417 e. The largest absolute Gasteiger partial charge is 0.440 e. The second-order valence-corrected chi connectivity index (χ2v) is 3.21. The van der Waals surface area contributed by atoms with Gasteiger partial charge in [-0.2, -0.15) is 13.2 Å². The number of halogens is 3. The van der Waals surface area contributed by atoms with Gasteiger partial charge in [0, 0.05) is 6.20 Å². The zero-order chi connectivity index (χ0) is 11.8. The van der Waals surface area contributed by atoms with Gasteiger partial charge < -0.3 is 4.42 Å². The van der Waals surface area contributed by atoms with Gasteiger partial charge in [-0.1, -0.05) is 0 Å². The van der Waals surface area contributed by atoms with Crippen LogP contribution in [0.15, 0.2) is 28.9 Å². The molecule has 0 spiro atoms. The number of pyridine rings is 1. The summed E-state index contributed by atoms with van der Waals surface area (Å²) in [4.78, 5) is 7.52. The summed E-state index contributed by atoms with van der Waals surface area (Å²) in [5, 5.41) is 0. The molecule has 2 aromatic rings. The number of aromatic nitrogens is 2. The average Bonchev–Trinajstić information content (AvgIpc) is 2.64. The van der Waals surface area contributed by atoms with Crippen LogP contribution >= 0.6 is 0 Å². The van der Waals surface area contributed by atoms with Gasteiger partial charge in [0.2, 0.25) is 5.89 Å². The highest BCUT2D eigenvalue weighted by Crippen LogP contribution is 2.29. The number of nitrogens with zero attached hydrogens (tertiary/aromatic N) is 2. The minimum atomic E-state index is -4.38. The first-order valence-electron chi connectivity index (χ1n) is 4.43. The number of alkyl halides is 3. The minimum absolute atomic E-state index is 0.214. The van der Waals surface area contributed by atoms with E-state index in [0.717, 1.165) is 12.3 Å². The van der Waals surface area contributed by atoms with Gasteiger partial charge in [-0.25, -0.2) is 4.98 Å². The Morgan fingerprint density at radius 3 is 2.31 bits per heavy atom. The van der Waals surface area contributed by atoms with E-state index in [1.165, 1.54) is 12.3 Å². The fraction of sp³-hybridized carbons (Fsp3) is 0.200. The van der Waals surface area contributed by atoms with Gasteiger partial charge in [-0.05, 0) is 19.1 Å². The third-order valence-electron chi connectivity index (χ3n) is 1.93. The molecule has 0 saturated heterocycles. The normalized spacial score (nSPS) is 11.8. The summed E-state index contributed by atoms with van der Waals surface area (Å²) in [6.45, 7) is 1.70. The lowest BCUT2D eigenvalue weighted by Gasteiger charge is -2.05. The molecule has 0 aliphatic rings. The first-order valence-corrected chi connectivity index (χ1v) is 4.43. The third kappa shape index (κ3) is 2.05. The van der Waals surface area contributed by atoms with Crippen molar-refractivity contribution in [3.8, 4) is 11.6 Å². The van der Waals surface area contributed by atoms with Crippen LogP contribution in [0.4, 0.5) is 13.2 Å². The topological polar surface area (TPSA) is 38.9 Å². The van der Waals surface area contributed by atoms with Crippen LogP contribution in [0, 0.1) is 6.92 Å². The summed E-state index contributed by atoms with van der Waals surface area (Å²) in [5.74, 6) is 0.794. The molecular formula is C10H7F3N2O. The molecule has 2 aromatic heterocycles. The fourth-order valence-electron chi connectivity index (χ4n) is 1.16. The van der Waals surface area contributed by atoms with Gasteiger partial charge in [-0.3, -0.25) is 4.98 Å². The van der Waals surface area contributed by atoms with Crippen molar-refractivity contribution >= 4 is 0 Å². The van der Waals surface area contributed by atoms with E-state index < -0.39 is 11.7 Å². The Morgan fingerprint density at radius 2 is 1.88 bits per heavy atom. The lowest BCUT2D eigenvalue weighted by molar-refractivity contribution is -0.137. The van der Waals surface area contributed by atoms with Crippen LogP contribution in [-0.2, 0) is 6.18 Å². The zero-order valence-electron chi connectivity index (χ0n) is 8.25. The minimum Gasteiger partial charge on any atom is -0.440 e. The maximum Gasteiger partial charge on any atom is 0.417 e. The Morgan fingerprint density at radius 1 is 1.12 bits per heavy atom. The van der Waals surface area contributed by atoms with E-state index >= 15 is 0 Å². The second-order valence-electron chi connectivity index (χ2n) is 3.21. The van der Waals surface area contributed by atoms with Crippen LogP contribution in [0.25, 0.3) is 11.6 Å². The summed E-state index contributed by atoms with van der Waals surface area (Å²) in [6, 6.07) is 2.18. The first-order chi connectivity index (χ1) is 7.47. The lowest BCUT2D eigenvalue weighted by atomic mass is 10.2. The molecule has 0 saturated carbocycles. The van der Waals surface area contributed by atoms with Crippen molar-refractivity contribution in [3.63, 3.8) is 0 Å². The van der Waals surface area contributed by atoms with Crippen LogP contribution in [0.1, 0.15) is 11.3 Å². The molecule has 0 aliphatic heterocycles. The van der Waals surface area contributed by atoms with Crippen molar-refractivity contribution in [2.75, 3.05) is 0 Å². The molecule has 2 heterocycles. The van der Waals surface area contributed by atoms with Crippen molar-refractivity contribution in [2.24, 2.45) is 0 Å². The lowest BCUT2D eigenvalue weighted by Crippen LogP contribution is -2.05. The highest BCUT2D eigenvalue weighted by atomic mass is 19.4. The maximum atomic E-state index is 12.2. The van der Waals surface area contributed by atoms with Crippen molar-refractivity contribution in [1.82, 2.24) is 9.97 Å². The molecule has 0 aromatic carbocycles. The van der Waals surface area contributed by atoms with Crippen molar-refractivity contribution < 1.29 is 17.6 Å². The summed E-state index contributed by atoms with van der Waals surface area (Å²) >= 11 is 0. The van der Waals surface area contributed by atoms with Gasteiger partial charge in [-0.15, -0.1) is 0 Å². The first kappa shape index (κ1) is 10.7. The van der Waals surface area contributed by atoms with Crippen LogP contribution in [0.5, 0.6) is 0 Å². The van der Waals surface area contributed by atoms with Crippen LogP contribution in [0.2, 0.25) is 0 Å². The molecule has 0 atom stereocenters. The number of hydrogen-bond donors (Lipinski definition) is 0. The van der Waals surface area contributed by atoms with E-state index in [2.05, 4.69) is 9.97 Å². The van der Waals surface area contributed by atoms with E-state index in [1.807, 2.05) is 0 Å². The third-order valence-corrected chi connectivity index (χ3v) is 1.93. The van der Waals surface area contributed by atoms with E-state index in [-0.39, 0.29) is 11.6 Å². The molecule has 0 unspecified atom stereocenters. The quantitative estimate of drug-likeness (QED) is 0.752. The van der Waals surface area contributed by atoms with Gasteiger partial charge in [0.05, 0.1) is 11.8 Å². The number of oxazole rings is 1. The van der Waals surface area contributed by atoms with Crippen LogP contribution < -0.4 is 0 Å². The van der Waals surface area contributed by atoms with Gasteiger partial charge >= 0.3 is 6.18 Å². The molecule has 0 radical (unpaired) electrons. The molecule has 3 nitrogen and oxygen atoms in total. The predicted octanol–water partition coefficient (Wildman–Crippen LogP) is 3.06. The van der Waals surface area contributed by atoms with Gasteiger partial charge in [0.15, 0.2) is 0 Å². The molecule has 0 fully saturated rings. The van der Waals surface area contributed by atoms with Crippen LogP contribution in [0.3, 0.4) is 0 Å². The number of rotatable bonds is 1. The van der Waals surface area contributed by atoms with Gasteiger partial charge in [0.1, 0.15) is 11.5 Å². The second kappa shape index (κ2) is 3.62. The standard InChI is InChI=1S/C10H7F3N2O/c1-6-4-15-9(16-6)8-3-2-7(5-14-8)10(11,12)13/h2-5H,1H3. The molecule has 0 N–H and O–H groups in total. The van der Waals surface area contributed by atoms with E-state index in [1.54, 1.807) is 6.92 Å². The van der Waals surface area contributed by atoms with Crippen molar-refractivity contribution in [2.45, 2.75) is 13.1 Å². The molecule has 0 amide bonds. The summed E-state index contributed by atoms with van der Waals surface area (Å²) in [7, 11) is 0. The Kier molecular flexibility index (Phi) is 2.41. The summed E-state index contributed by atoms with van der Waals surface area (Å²) < 4.78 is 41.9. The highest BCUT2D eigenvalue weighted by molar-refractivity contribution is 5.47. The Labute approximate surface area is 88.9 Å². The Bertz CT molecular complexity index is 488. The fourth-order valence-corrected chi connectivity index (χ4v) is 1.16. The molecule has 0 aliphatic carbocycles. The molecular weight excluding hydrogens is 221 g/mol. The number of aryl methyl sites for hydroxylation is 1. The monoisotopic (exact) mass is 228 g/mol.